The molecule has 1 N–H and O–H groups in total. The lowest BCUT2D eigenvalue weighted by atomic mass is 10.0. The van der Waals surface area contributed by atoms with Crippen LogP contribution in [0.25, 0.3) is 0 Å². The summed E-state index contributed by atoms with van der Waals surface area (Å²) in [5, 5.41) is 17.5. The number of benzene rings is 1. The van der Waals surface area contributed by atoms with Gasteiger partial charge in [0.1, 0.15) is 0 Å². The normalized spacial score (nSPS) is 9.47. The Morgan fingerprint density at radius 1 is 1.29 bits per heavy atom. The molecule has 5 nitrogen and oxygen atoms in total. The number of carbonyl (C=O) groups excluding carboxylic acids is 1. The minimum Gasteiger partial charge on any atom is -0.478 e. The van der Waals surface area contributed by atoms with Crippen LogP contribution in [-0.4, -0.2) is 36.0 Å². The van der Waals surface area contributed by atoms with Crippen LogP contribution in [0, 0.1) is 11.3 Å². The standard InChI is InChI=1S/C12H12N2O3/c1-14(2)11(15)9-5-8(3-4-13)6-10(7-9)12(16)17/h5-7H,3H2,1-2H3,(H,16,17). The summed E-state index contributed by atoms with van der Waals surface area (Å²) in [6.45, 7) is 0. The maximum absolute atomic E-state index is 11.7. The van der Waals surface area contributed by atoms with Crippen molar-refractivity contribution in [3.05, 3.63) is 34.9 Å². The Morgan fingerprint density at radius 3 is 2.35 bits per heavy atom. The maximum atomic E-state index is 11.7. The Hall–Kier alpha value is -2.35. The third-order valence-corrected chi connectivity index (χ3v) is 2.18. The molecule has 1 rings (SSSR count). The third-order valence-electron chi connectivity index (χ3n) is 2.18. The number of aromatic carboxylic acids is 1. The Morgan fingerprint density at radius 2 is 1.88 bits per heavy atom. The number of hydrogen-bond donors (Lipinski definition) is 1. The molecule has 0 radical (unpaired) electrons. The van der Waals surface area contributed by atoms with Crippen molar-refractivity contribution in [3.8, 4) is 6.07 Å². The zero-order valence-corrected chi connectivity index (χ0v) is 9.60. The van der Waals surface area contributed by atoms with Crippen molar-refractivity contribution in [3.63, 3.8) is 0 Å². The second-order valence-electron chi connectivity index (χ2n) is 3.76. The first-order valence-corrected chi connectivity index (χ1v) is 4.91. The number of rotatable bonds is 3. The molecule has 0 aliphatic carbocycles. The highest BCUT2D eigenvalue weighted by atomic mass is 16.4. The fourth-order valence-corrected chi connectivity index (χ4v) is 1.39. The van der Waals surface area contributed by atoms with Gasteiger partial charge in [0, 0.05) is 19.7 Å². The van der Waals surface area contributed by atoms with Crippen LogP contribution >= 0.6 is 0 Å². The molecule has 0 unspecified atom stereocenters. The van der Waals surface area contributed by atoms with Gasteiger partial charge < -0.3 is 10.0 Å². The number of carboxylic acids is 1. The number of amides is 1. The van der Waals surface area contributed by atoms with Crippen molar-refractivity contribution in [2.45, 2.75) is 6.42 Å². The summed E-state index contributed by atoms with van der Waals surface area (Å²) in [5.74, 6) is -1.40. The topological polar surface area (TPSA) is 81.4 Å². The first-order chi connectivity index (χ1) is 7.95. The van der Waals surface area contributed by atoms with Crippen LogP contribution in [-0.2, 0) is 6.42 Å². The van der Waals surface area contributed by atoms with Gasteiger partial charge in [0.25, 0.3) is 5.91 Å². The van der Waals surface area contributed by atoms with Crippen LogP contribution in [0.5, 0.6) is 0 Å². The molecule has 0 fully saturated rings. The number of nitriles is 1. The molecule has 0 heterocycles. The van der Waals surface area contributed by atoms with Gasteiger partial charge in [0.15, 0.2) is 0 Å². The van der Waals surface area contributed by atoms with Gasteiger partial charge in [-0.1, -0.05) is 0 Å². The first kappa shape index (κ1) is 12.7. The van der Waals surface area contributed by atoms with E-state index in [0.29, 0.717) is 5.56 Å². The molecule has 17 heavy (non-hydrogen) atoms. The van der Waals surface area contributed by atoms with Crippen molar-refractivity contribution in [2.24, 2.45) is 0 Å². The molecule has 0 aliphatic rings. The van der Waals surface area contributed by atoms with E-state index in [-0.39, 0.29) is 23.5 Å². The highest BCUT2D eigenvalue weighted by molar-refractivity contribution is 5.97. The molecule has 0 atom stereocenters. The van der Waals surface area contributed by atoms with E-state index in [0.717, 1.165) is 0 Å². The molecule has 1 aromatic carbocycles. The number of carbonyl (C=O) groups is 2. The van der Waals surface area contributed by atoms with Crippen LogP contribution in [0.4, 0.5) is 0 Å². The average Bonchev–Trinajstić information content (AvgIpc) is 2.27. The van der Waals surface area contributed by atoms with Crippen molar-refractivity contribution in [1.82, 2.24) is 4.90 Å². The van der Waals surface area contributed by atoms with E-state index in [9.17, 15) is 9.59 Å². The highest BCUT2D eigenvalue weighted by Gasteiger charge is 2.13. The van der Waals surface area contributed by atoms with Gasteiger partial charge in [0.05, 0.1) is 18.1 Å². The molecule has 0 aliphatic heterocycles. The Balaban J connectivity index is 3.27. The molecule has 0 bridgehead atoms. The largest absolute Gasteiger partial charge is 0.478 e. The quantitative estimate of drug-likeness (QED) is 0.847. The molecule has 5 heteroatoms. The van der Waals surface area contributed by atoms with Crippen molar-refractivity contribution in [2.75, 3.05) is 14.1 Å². The van der Waals surface area contributed by atoms with E-state index in [1.54, 1.807) is 14.1 Å². The zero-order chi connectivity index (χ0) is 13.0. The van der Waals surface area contributed by atoms with E-state index < -0.39 is 5.97 Å². The maximum Gasteiger partial charge on any atom is 0.335 e. The Kier molecular flexibility index (Phi) is 3.83. The average molecular weight is 232 g/mol. The highest BCUT2D eigenvalue weighted by Crippen LogP contribution is 2.12. The Labute approximate surface area is 98.9 Å². The minimum atomic E-state index is -1.11. The second kappa shape index (κ2) is 5.12. The molecule has 1 aromatic rings. The van der Waals surface area contributed by atoms with E-state index in [2.05, 4.69) is 0 Å². The fraction of sp³-hybridized carbons (Fsp3) is 0.250. The van der Waals surface area contributed by atoms with E-state index in [4.69, 9.17) is 10.4 Å². The summed E-state index contributed by atoms with van der Waals surface area (Å²) in [6.07, 6.45) is 0.0782. The molecule has 88 valence electrons. The molecular weight excluding hydrogens is 220 g/mol. The Bertz CT molecular complexity index is 501. The SMILES string of the molecule is CN(C)C(=O)c1cc(CC#N)cc(C(=O)O)c1. The minimum absolute atomic E-state index is 0.0166. The van der Waals surface area contributed by atoms with Gasteiger partial charge in [0.2, 0.25) is 0 Å². The first-order valence-electron chi connectivity index (χ1n) is 4.91. The lowest BCUT2D eigenvalue weighted by Gasteiger charge is -2.11. The van der Waals surface area contributed by atoms with E-state index in [1.807, 2.05) is 6.07 Å². The van der Waals surface area contributed by atoms with Gasteiger partial charge in [-0.3, -0.25) is 4.79 Å². The molecular formula is C12H12N2O3. The number of carboxylic acid groups (broad SMARTS) is 1. The van der Waals surface area contributed by atoms with Gasteiger partial charge in [-0.05, 0) is 23.8 Å². The van der Waals surface area contributed by atoms with E-state index in [1.165, 1.54) is 23.1 Å². The molecule has 1 amide bonds. The van der Waals surface area contributed by atoms with Crippen molar-refractivity contribution in [1.29, 1.82) is 5.26 Å². The number of hydrogen-bond acceptors (Lipinski definition) is 3. The van der Waals surface area contributed by atoms with Gasteiger partial charge >= 0.3 is 5.97 Å². The molecule has 0 saturated heterocycles. The number of nitrogens with zero attached hydrogens (tertiary/aromatic N) is 2. The lowest BCUT2D eigenvalue weighted by molar-refractivity contribution is 0.0696. The molecule has 0 saturated carbocycles. The van der Waals surface area contributed by atoms with Crippen LogP contribution in [0.15, 0.2) is 18.2 Å². The summed E-state index contributed by atoms with van der Waals surface area (Å²) in [6, 6.07) is 6.18. The van der Waals surface area contributed by atoms with Gasteiger partial charge in [-0.15, -0.1) is 0 Å². The van der Waals surface area contributed by atoms with Crippen LogP contribution in [0.2, 0.25) is 0 Å². The van der Waals surface area contributed by atoms with Gasteiger partial charge in [-0.2, -0.15) is 5.26 Å². The third kappa shape index (κ3) is 3.05. The lowest BCUT2D eigenvalue weighted by Crippen LogP contribution is -2.22. The smallest absolute Gasteiger partial charge is 0.335 e. The van der Waals surface area contributed by atoms with Crippen molar-refractivity contribution < 1.29 is 14.7 Å². The van der Waals surface area contributed by atoms with Crippen molar-refractivity contribution >= 4 is 11.9 Å². The summed E-state index contributed by atoms with van der Waals surface area (Å²) in [4.78, 5) is 24.0. The molecule has 0 spiro atoms. The summed E-state index contributed by atoms with van der Waals surface area (Å²) in [7, 11) is 3.17. The monoisotopic (exact) mass is 232 g/mol. The zero-order valence-electron chi connectivity index (χ0n) is 9.60. The second-order valence-corrected chi connectivity index (χ2v) is 3.76. The fourth-order valence-electron chi connectivity index (χ4n) is 1.39. The summed E-state index contributed by atoms with van der Waals surface area (Å²) < 4.78 is 0. The predicted octanol–water partition coefficient (Wildman–Crippen LogP) is 1.15. The van der Waals surface area contributed by atoms with Gasteiger partial charge in [-0.25, -0.2) is 4.79 Å². The van der Waals surface area contributed by atoms with Crippen LogP contribution in [0.1, 0.15) is 26.3 Å². The van der Waals surface area contributed by atoms with E-state index >= 15 is 0 Å². The molecule has 0 aromatic heterocycles. The summed E-state index contributed by atoms with van der Waals surface area (Å²) >= 11 is 0. The van der Waals surface area contributed by atoms with Crippen LogP contribution in [0.3, 0.4) is 0 Å². The predicted molar refractivity (Wildman–Crippen MR) is 60.7 cm³/mol. The summed E-state index contributed by atoms with van der Waals surface area (Å²) in [5.41, 5.74) is 0.820. The van der Waals surface area contributed by atoms with Crippen LogP contribution < -0.4 is 0 Å².